The Bertz CT molecular complexity index is 455. The standard InChI is InChI=1S/C12H11BrO2/c13-9-3-1-2-7-4-5-12(10(7)9)6-8(12)11(14)15/h1-3,8H,4-6H2,(H,14,15). The maximum absolute atomic E-state index is 11.0. The van der Waals surface area contributed by atoms with Crippen LogP contribution in [0.3, 0.4) is 0 Å². The van der Waals surface area contributed by atoms with E-state index in [9.17, 15) is 4.79 Å². The molecule has 1 fully saturated rings. The van der Waals surface area contributed by atoms with Gasteiger partial charge in [0.1, 0.15) is 0 Å². The van der Waals surface area contributed by atoms with E-state index in [4.69, 9.17) is 5.11 Å². The number of carbonyl (C=O) groups is 1. The summed E-state index contributed by atoms with van der Waals surface area (Å²) >= 11 is 3.55. The highest BCUT2D eigenvalue weighted by molar-refractivity contribution is 9.10. The Hall–Kier alpha value is -0.830. The minimum Gasteiger partial charge on any atom is -0.481 e. The Labute approximate surface area is 96.4 Å². The van der Waals surface area contributed by atoms with Crippen LogP contribution < -0.4 is 0 Å². The molecule has 15 heavy (non-hydrogen) atoms. The van der Waals surface area contributed by atoms with Crippen molar-refractivity contribution in [1.29, 1.82) is 0 Å². The van der Waals surface area contributed by atoms with Crippen LogP contribution in [-0.4, -0.2) is 11.1 Å². The van der Waals surface area contributed by atoms with Crippen LogP contribution in [0.4, 0.5) is 0 Å². The van der Waals surface area contributed by atoms with E-state index in [1.54, 1.807) is 0 Å². The Kier molecular flexibility index (Phi) is 1.78. The molecule has 0 heterocycles. The molecule has 0 aliphatic heterocycles. The summed E-state index contributed by atoms with van der Waals surface area (Å²) in [6, 6.07) is 6.16. The molecular weight excluding hydrogens is 256 g/mol. The molecule has 0 amide bonds. The average Bonchev–Trinajstić information content (AvgIpc) is 2.78. The van der Waals surface area contributed by atoms with Gasteiger partial charge in [0.2, 0.25) is 0 Å². The molecule has 1 spiro atoms. The number of rotatable bonds is 1. The summed E-state index contributed by atoms with van der Waals surface area (Å²) in [6.07, 6.45) is 2.85. The number of hydrogen-bond acceptors (Lipinski definition) is 1. The van der Waals surface area contributed by atoms with Gasteiger partial charge in [-0.1, -0.05) is 28.1 Å². The highest BCUT2D eigenvalue weighted by atomic mass is 79.9. The Balaban J connectivity index is 2.10. The molecule has 2 nitrogen and oxygen atoms in total. The van der Waals surface area contributed by atoms with Gasteiger partial charge in [0.15, 0.2) is 0 Å². The number of benzene rings is 1. The lowest BCUT2D eigenvalue weighted by atomic mass is 9.95. The molecule has 1 N–H and O–H groups in total. The third kappa shape index (κ3) is 1.13. The highest BCUT2D eigenvalue weighted by Crippen LogP contribution is 2.63. The van der Waals surface area contributed by atoms with Gasteiger partial charge in [-0.05, 0) is 36.5 Å². The van der Waals surface area contributed by atoms with Crippen LogP contribution >= 0.6 is 15.9 Å². The van der Waals surface area contributed by atoms with Crippen molar-refractivity contribution >= 4 is 21.9 Å². The van der Waals surface area contributed by atoms with E-state index in [2.05, 4.69) is 22.0 Å². The number of aliphatic carboxylic acids is 1. The largest absolute Gasteiger partial charge is 0.481 e. The van der Waals surface area contributed by atoms with Crippen molar-refractivity contribution in [2.75, 3.05) is 0 Å². The van der Waals surface area contributed by atoms with Crippen LogP contribution in [0.25, 0.3) is 0 Å². The first-order valence-corrected chi connectivity index (χ1v) is 5.95. The van der Waals surface area contributed by atoms with E-state index in [0.29, 0.717) is 0 Å². The molecule has 0 radical (unpaired) electrons. The molecule has 1 saturated carbocycles. The molecule has 0 saturated heterocycles. The van der Waals surface area contributed by atoms with Crippen LogP contribution in [-0.2, 0) is 16.6 Å². The van der Waals surface area contributed by atoms with Crippen molar-refractivity contribution in [2.45, 2.75) is 24.7 Å². The lowest BCUT2D eigenvalue weighted by Gasteiger charge is -2.11. The predicted octanol–water partition coefficient (Wildman–Crippen LogP) is 2.74. The van der Waals surface area contributed by atoms with E-state index in [1.165, 1.54) is 11.1 Å². The monoisotopic (exact) mass is 266 g/mol. The van der Waals surface area contributed by atoms with Gasteiger partial charge >= 0.3 is 5.97 Å². The molecule has 2 aliphatic carbocycles. The van der Waals surface area contributed by atoms with Gasteiger partial charge in [-0.2, -0.15) is 0 Å². The van der Waals surface area contributed by atoms with Gasteiger partial charge < -0.3 is 5.11 Å². The number of hydrogen-bond donors (Lipinski definition) is 1. The second-order valence-electron chi connectivity index (χ2n) is 4.53. The highest BCUT2D eigenvalue weighted by Gasteiger charge is 2.62. The van der Waals surface area contributed by atoms with Gasteiger partial charge in [-0.25, -0.2) is 0 Å². The average molecular weight is 267 g/mol. The third-order valence-corrected chi connectivity index (χ3v) is 4.47. The third-order valence-electron chi connectivity index (χ3n) is 3.81. The van der Waals surface area contributed by atoms with Crippen LogP contribution in [0.1, 0.15) is 24.0 Å². The second-order valence-corrected chi connectivity index (χ2v) is 5.38. The quantitative estimate of drug-likeness (QED) is 0.849. The van der Waals surface area contributed by atoms with E-state index in [1.807, 2.05) is 12.1 Å². The van der Waals surface area contributed by atoms with Gasteiger partial charge in [0, 0.05) is 9.89 Å². The maximum atomic E-state index is 11.0. The molecule has 3 rings (SSSR count). The molecule has 3 heteroatoms. The molecular formula is C12H11BrO2. The summed E-state index contributed by atoms with van der Waals surface area (Å²) in [5.41, 5.74) is 2.55. The molecule has 0 bridgehead atoms. The van der Waals surface area contributed by atoms with Gasteiger partial charge in [-0.3, -0.25) is 4.79 Å². The topological polar surface area (TPSA) is 37.3 Å². The van der Waals surface area contributed by atoms with Crippen LogP contribution in [0.15, 0.2) is 22.7 Å². The molecule has 2 unspecified atom stereocenters. The fraction of sp³-hybridized carbons (Fsp3) is 0.417. The molecule has 1 aromatic rings. The van der Waals surface area contributed by atoms with Crippen molar-refractivity contribution in [3.05, 3.63) is 33.8 Å². The summed E-state index contributed by atoms with van der Waals surface area (Å²) in [4.78, 5) is 11.0. The van der Waals surface area contributed by atoms with Crippen LogP contribution in [0.2, 0.25) is 0 Å². The van der Waals surface area contributed by atoms with Crippen LogP contribution in [0, 0.1) is 5.92 Å². The summed E-state index contributed by atoms with van der Waals surface area (Å²) in [7, 11) is 0. The Morgan fingerprint density at radius 1 is 1.53 bits per heavy atom. The van der Waals surface area contributed by atoms with Crippen molar-refractivity contribution in [1.82, 2.24) is 0 Å². The molecule has 0 aromatic heterocycles. The summed E-state index contributed by atoms with van der Waals surface area (Å²) in [5.74, 6) is -0.795. The van der Waals surface area contributed by atoms with Crippen LogP contribution in [0.5, 0.6) is 0 Å². The summed E-state index contributed by atoms with van der Waals surface area (Å²) in [5, 5.41) is 9.08. The zero-order chi connectivity index (χ0) is 10.6. The normalized spacial score (nSPS) is 31.7. The zero-order valence-corrected chi connectivity index (χ0v) is 9.75. The molecule has 78 valence electrons. The maximum Gasteiger partial charge on any atom is 0.307 e. The molecule has 2 aliphatic rings. The SMILES string of the molecule is O=C(O)C1CC12CCc1cccc(Br)c12. The zero-order valence-electron chi connectivity index (χ0n) is 8.16. The lowest BCUT2D eigenvalue weighted by molar-refractivity contribution is -0.139. The van der Waals surface area contributed by atoms with E-state index >= 15 is 0 Å². The number of aryl methyl sites for hydroxylation is 1. The smallest absolute Gasteiger partial charge is 0.307 e. The van der Waals surface area contributed by atoms with Crippen molar-refractivity contribution < 1.29 is 9.90 Å². The predicted molar refractivity (Wildman–Crippen MR) is 59.9 cm³/mol. The minimum atomic E-state index is -0.640. The number of halogens is 1. The number of fused-ring (bicyclic) bond motifs is 2. The fourth-order valence-corrected chi connectivity index (χ4v) is 3.80. The van der Waals surface area contributed by atoms with Crippen molar-refractivity contribution in [2.24, 2.45) is 5.92 Å². The van der Waals surface area contributed by atoms with Gasteiger partial charge in [0.25, 0.3) is 0 Å². The summed E-state index contributed by atoms with van der Waals surface area (Å²) in [6.45, 7) is 0. The van der Waals surface area contributed by atoms with Gasteiger partial charge in [-0.15, -0.1) is 0 Å². The van der Waals surface area contributed by atoms with Crippen molar-refractivity contribution in [3.63, 3.8) is 0 Å². The number of carboxylic acids is 1. The fourth-order valence-electron chi connectivity index (χ4n) is 3.00. The second kappa shape index (κ2) is 2.85. The minimum absolute atomic E-state index is 0.0404. The molecule has 1 aromatic carbocycles. The van der Waals surface area contributed by atoms with E-state index in [0.717, 1.165) is 23.7 Å². The first kappa shape index (κ1) is 9.40. The van der Waals surface area contributed by atoms with Gasteiger partial charge in [0.05, 0.1) is 5.92 Å². The van der Waals surface area contributed by atoms with Crippen molar-refractivity contribution in [3.8, 4) is 0 Å². The Morgan fingerprint density at radius 3 is 3.00 bits per heavy atom. The van der Waals surface area contributed by atoms with E-state index < -0.39 is 5.97 Å². The summed E-state index contributed by atoms with van der Waals surface area (Å²) < 4.78 is 1.08. The first-order valence-electron chi connectivity index (χ1n) is 5.16. The Morgan fingerprint density at radius 2 is 2.33 bits per heavy atom. The lowest BCUT2D eigenvalue weighted by Crippen LogP contribution is -2.12. The first-order chi connectivity index (χ1) is 7.15. The van der Waals surface area contributed by atoms with E-state index in [-0.39, 0.29) is 11.3 Å². The number of carboxylic acid groups (broad SMARTS) is 1. The molecule has 2 atom stereocenters.